The second-order valence-corrected chi connectivity index (χ2v) is 6.99. The minimum absolute atomic E-state index is 0.0516. The summed E-state index contributed by atoms with van der Waals surface area (Å²) in [5.41, 5.74) is 2.32. The van der Waals surface area contributed by atoms with Gasteiger partial charge in [0.1, 0.15) is 11.5 Å². The molecule has 6 heteroatoms. The molecule has 1 N–H and O–H groups in total. The average Bonchev–Trinajstić information content (AvgIpc) is 2.69. The number of allylic oxidation sites excluding steroid dienone is 3. The molecule has 0 bridgehead atoms. The monoisotopic (exact) mass is 384 g/mol. The van der Waals surface area contributed by atoms with Crippen LogP contribution in [0, 0.1) is 5.92 Å². The molecule has 0 radical (unpaired) electrons. The van der Waals surface area contributed by atoms with Crippen molar-refractivity contribution in [3.05, 3.63) is 51.5 Å². The zero-order valence-electron chi connectivity index (χ0n) is 16.7. The predicted molar refractivity (Wildman–Crippen MR) is 104 cm³/mol. The van der Waals surface area contributed by atoms with Crippen LogP contribution < -0.4 is 0 Å². The van der Waals surface area contributed by atoms with E-state index in [2.05, 4.69) is 19.9 Å². The average molecular weight is 384 g/mol. The maximum Gasteiger partial charge on any atom is 0.268 e. The topological polar surface area (TPSA) is 82.1 Å². The highest BCUT2D eigenvalue weighted by molar-refractivity contribution is 6.51. The maximum atomic E-state index is 12.5. The Labute approximate surface area is 164 Å². The van der Waals surface area contributed by atoms with Gasteiger partial charge in [0.05, 0.1) is 18.2 Å². The Morgan fingerprint density at radius 1 is 1.25 bits per heavy atom. The first-order valence-electron chi connectivity index (χ1n) is 9.16. The lowest BCUT2D eigenvalue weighted by molar-refractivity contribution is -0.114. The molecule has 3 rings (SSSR count). The van der Waals surface area contributed by atoms with E-state index in [-0.39, 0.29) is 17.1 Å². The molecule has 28 heavy (non-hydrogen) atoms. The Bertz CT molecular complexity index is 935. The standard InChI is InChI=1S/C22H24O6/c1-6-11(2)7-12(3)15-9-14-8-13-10-16(26-4)19(23)21(25)17(13)20(24)18(14)22(27-5)28-15/h7-11,22,24H,6H2,1-5H3. The van der Waals surface area contributed by atoms with E-state index >= 15 is 0 Å². The minimum Gasteiger partial charge on any atom is -0.507 e. The number of hydrogen-bond donors (Lipinski definition) is 1. The number of carbonyl (C=O) groups excluding carboxylic acids is 2. The number of fused-ring (bicyclic) bond motifs is 2. The lowest BCUT2D eigenvalue weighted by atomic mass is 9.87. The molecule has 0 aromatic heterocycles. The molecule has 2 unspecified atom stereocenters. The van der Waals surface area contributed by atoms with E-state index in [0.29, 0.717) is 28.4 Å². The van der Waals surface area contributed by atoms with Gasteiger partial charge in [-0.3, -0.25) is 9.59 Å². The van der Waals surface area contributed by atoms with Gasteiger partial charge in [-0.1, -0.05) is 26.3 Å². The van der Waals surface area contributed by atoms with Crippen LogP contribution in [0.3, 0.4) is 0 Å². The molecule has 148 valence electrons. The number of methoxy groups -OCH3 is 2. The van der Waals surface area contributed by atoms with Crippen LogP contribution in [-0.4, -0.2) is 30.9 Å². The lowest BCUT2D eigenvalue weighted by Gasteiger charge is -2.29. The summed E-state index contributed by atoms with van der Waals surface area (Å²) < 4.78 is 16.3. The Balaban J connectivity index is 2.20. The number of benzene rings is 1. The van der Waals surface area contributed by atoms with Crippen molar-refractivity contribution in [2.45, 2.75) is 33.5 Å². The summed E-state index contributed by atoms with van der Waals surface area (Å²) in [5.74, 6) is -0.938. The SMILES string of the molecule is CCC(C)C=C(C)C1=Cc2cc3c(c(O)c2C(OC)O1)C(=O)C(=O)C(OC)=C3. The first kappa shape index (κ1) is 19.9. The van der Waals surface area contributed by atoms with Gasteiger partial charge in [0.2, 0.25) is 12.1 Å². The van der Waals surface area contributed by atoms with E-state index in [1.165, 1.54) is 20.3 Å². The number of rotatable bonds is 5. The number of aromatic hydroxyl groups is 1. The summed E-state index contributed by atoms with van der Waals surface area (Å²) in [7, 11) is 2.79. The largest absolute Gasteiger partial charge is 0.507 e. The van der Waals surface area contributed by atoms with Gasteiger partial charge < -0.3 is 19.3 Å². The van der Waals surface area contributed by atoms with Crippen LogP contribution in [0.25, 0.3) is 12.2 Å². The van der Waals surface area contributed by atoms with Crippen LogP contribution >= 0.6 is 0 Å². The zero-order valence-corrected chi connectivity index (χ0v) is 16.7. The second kappa shape index (κ2) is 7.64. The van der Waals surface area contributed by atoms with E-state index in [0.717, 1.165) is 12.0 Å². The first-order chi connectivity index (χ1) is 13.3. The van der Waals surface area contributed by atoms with Gasteiger partial charge in [0.25, 0.3) is 5.78 Å². The Kier molecular flexibility index (Phi) is 5.42. The molecular formula is C22H24O6. The number of ketones is 2. The molecule has 0 spiro atoms. The Hall–Kier alpha value is -2.86. The molecule has 1 aromatic carbocycles. The quantitative estimate of drug-likeness (QED) is 0.768. The van der Waals surface area contributed by atoms with Gasteiger partial charge in [-0.05, 0) is 47.8 Å². The smallest absolute Gasteiger partial charge is 0.268 e. The molecule has 1 aliphatic carbocycles. The van der Waals surface area contributed by atoms with Gasteiger partial charge in [-0.25, -0.2) is 0 Å². The Morgan fingerprint density at radius 3 is 2.57 bits per heavy atom. The number of phenolic OH excluding ortho intramolecular Hbond substituents is 1. The number of hydrogen-bond acceptors (Lipinski definition) is 6. The number of phenols is 1. The highest BCUT2D eigenvalue weighted by Crippen LogP contribution is 2.44. The van der Waals surface area contributed by atoms with Gasteiger partial charge in [0.15, 0.2) is 5.76 Å². The molecule has 1 heterocycles. The molecular weight excluding hydrogens is 360 g/mol. The highest BCUT2D eigenvalue weighted by Gasteiger charge is 2.36. The summed E-state index contributed by atoms with van der Waals surface area (Å²) in [5, 5.41) is 10.8. The summed E-state index contributed by atoms with van der Waals surface area (Å²) in [6, 6.07) is 1.73. The fraction of sp³-hybridized carbons (Fsp3) is 0.364. The highest BCUT2D eigenvalue weighted by atomic mass is 16.7. The second-order valence-electron chi connectivity index (χ2n) is 6.99. The van der Waals surface area contributed by atoms with Crippen LogP contribution in [0.4, 0.5) is 0 Å². The molecule has 2 atom stereocenters. The number of carbonyl (C=O) groups is 2. The van der Waals surface area contributed by atoms with Gasteiger partial charge in [-0.2, -0.15) is 0 Å². The number of ether oxygens (including phenoxy) is 3. The van der Waals surface area contributed by atoms with Gasteiger partial charge in [0, 0.05) is 7.11 Å². The third-order valence-corrected chi connectivity index (χ3v) is 5.10. The van der Waals surface area contributed by atoms with E-state index in [1.54, 1.807) is 12.1 Å². The lowest BCUT2D eigenvalue weighted by Crippen LogP contribution is -2.24. The molecule has 0 fully saturated rings. The van der Waals surface area contributed by atoms with Crippen molar-refractivity contribution in [2.24, 2.45) is 5.92 Å². The van der Waals surface area contributed by atoms with Crippen molar-refractivity contribution in [2.75, 3.05) is 14.2 Å². The fourth-order valence-electron chi connectivity index (χ4n) is 3.38. The molecule has 6 nitrogen and oxygen atoms in total. The van der Waals surface area contributed by atoms with Gasteiger partial charge in [-0.15, -0.1) is 0 Å². The van der Waals surface area contributed by atoms with E-state index in [4.69, 9.17) is 14.2 Å². The minimum atomic E-state index is -0.892. The third-order valence-electron chi connectivity index (χ3n) is 5.10. The molecule has 1 aromatic rings. The molecule has 0 amide bonds. The summed E-state index contributed by atoms with van der Waals surface area (Å²) in [6.07, 6.45) is 5.50. The van der Waals surface area contributed by atoms with Crippen molar-refractivity contribution in [1.82, 2.24) is 0 Å². The molecule has 2 aliphatic rings. The third kappa shape index (κ3) is 3.24. The maximum absolute atomic E-state index is 12.5. The van der Waals surface area contributed by atoms with Crippen molar-refractivity contribution in [3.8, 4) is 5.75 Å². The van der Waals surface area contributed by atoms with Crippen molar-refractivity contribution >= 4 is 23.7 Å². The summed E-state index contributed by atoms with van der Waals surface area (Å²) in [6.45, 7) is 6.19. The van der Waals surface area contributed by atoms with Crippen LogP contribution in [0.1, 0.15) is 60.5 Å². The van der Waals surface area contributed by atoms with Crippen LogP contribution in [-0.2, 0) is 19.0 Å². The first-order valence-corrected chi connectivity index (χ1v) is 9.16. The van der Waals surface area contributed by atoms with Crippen LogP contribution in [0.5, 0.6) is 5.75 Å². The summed E-state index contributed by atoms with van der Waals surface area (Å²) >= 11 is 0. The summed E-state index contributed by atoms with van der Waals surface area (Å²) in [4.78, 5) is 24.6. The Morgan fingerprint density at radius 2 is 1.96 bits per heavy atom. The van der Waals surface area contributed by atoms with E-state index < -0.39 is 17.9 Å². The van der Waals surface area contributed by atoms with Crippen LogP contribution in [0.15, 0.2) is 29.2 Å². The molecule has 0 saturated heterocycles. The van der Waals surface area contributed by atoms with Crippen molar-refractivity contribution < 1.29 is 28.9 Å². The van der Waals surface area contributed by atoms with E-state index in [1.807, 2.05) is 6.92 Å². The van der Waals surface area contributed by atoms with Gasteiger partial charge >= 0.3 is 0 Å². The fourth-order valence-corrected chi connectivity index (χ4v) is 3.38. The van der Waals surface area contributed by atoms with Crippen molar-refractivity contribution in [3.63, 3.8) is 0 Å². The van der Waals surface area contributed by atoms with Crippen molar-refractivity contribution in [1.29, 1.82) is 0 Å². The van der Waals surface area contributed by atoms with E-state index in [9.17, 15) is 14.7 Å². The zero-order chi connectivity index (χ0) is 20.6. The molecule has 0 saturated carbocycles. The predicted octanol–water partition coefficient (Wildman–Crippen LogP) is 4.15. The van der Waals surface area contributed by atoms with Crippen LogP contribution in [0.2, 0.25) is 0 Å². The number of Topliss-reactive ketones (excluding diaryl/α,β-unsaturated/α-hetero) is 2. The molecule has 1 aliphatic heterocycles. The normalized spacial score (nSPS) is 19.9.